The third-order valence-electron chi connectivity index (χ3n) is 6.49. The van der Waals surface area contributed by atoms with Gasteiger partial charge in [-0.25, -0.2) is 14.8 Å². The van der Waals surface area contributed by atoms with Crippen LogP contribution in [0.25, 0.3) is 32.6 Å². The number of aromatic nitrogens is 3. The van der Waals surface area contributed by atoms with Crippen LogP contribution in [0.4, 0.5) is 23.8 Å². The van der Waals surface area contributed by atoms with Gasteiger partial charge >= 0.3 is 12.2 Å². The van der Waals surface area contributed by atoms with Gasteiger partial charge in [0.2, 0.25) is 5.43 Å². The van der Waals surface area contributed by atoms with Crippen LogP contribution in [-0.4, -0.2) is 51.3 Å². The van der Waals surface area contributed by atoms with E-state index >= 15 is 0 Å². The highest BCUT2D eigenvalue weighted by molar-refractivity contribution is 7.13. The highest BCUT2D eigenvalue weighted by atomic mass is 32.1. The standard InChI is InChI=1S/C29H31F3N6O4S/c1-4-33-28(42)37-24-12-19(27-36-23(15-43-27)29(30,31)32)20(13-35-24)17-5-6-18-22(11-17)38(9-7-16(2)3)14-21(25(18)40)26(41)34-8-10-39/h5-6,11-16,39H,4,7-10H2,1-3H3,(H,34,41)(H2,33,35,37,42). The number of hydrogen-bond donors (Lipinski definition) is 4. The van der Waals surface area contributed by atoms with E-state index in [0.29, 0.717) is 41.2 Å². The molecule has 0 bridgehead atoms. The third kappa shape index (κ3) is 7.38. The van der Waals surface area contributed by atoms with E-state index < -0.39 is 29.2 Å². The molecule has 0 spiro atoms. The van der Waals surface area contributed by atoms with Crippen molar-refractivity contribution in [3.63, 3.8) is 0 Å². The second-order valence-corrected chi connectivity index (χ2v) is 11.0. The number of nitrogens with zero attached hydrogens (tertiary/aromatic N) is 3. The number of rotatable bonds is 10. The summed E-state index contributed by atoms with van der Waals surface area (Å²) >= 11 is 0.804. The summed E-state index contributed by atoms with van der Waals surface area (Å²) in [5.74, 6) is -0.173. The van der Waals surface area contributed by atoms with Crippen LogP contribution in [0.3, 0.4) is 0 Å². The van der Waals surface area contributed by atoms with Crippen LogP contribution in [0.5, 0.6) is 0 Å². The average molecular weight is 617 g/mol. The number of pyridine rings is 2. The van der Waals surface area contributed by atoms with E-state index in [1.54, 1.807) is 29.7 Å². The Hall–Kier alpha value is -4.30. The van der Waals surface area contributed by atoms with Crippen molar-refractivity contribution in [3.05, 3.63) is 63.5 Å². The number of carbonyl (C=O) groups excluding carboxylic acids is 2. The number of hydrogen-bond acceptors (Lipinski definition) is 7. The Balaban J connectivity index is 1.89. The number of anilines is 1. The van der Waals surface area contributed by atoms with Crippen molar-refractivity contribution in [2.24, 2.45) is 5.92 Å². The zero-order chi connectivity index (χ0) is 31.3. The summed E-state index contributed by atoms with van der Waals surface area (Å²) in [6.07, 6.45) is -0.981. The van der Waals surface area contributed by atoms with Crippen LogP contribution < -0.4 is 21.4 Å². The molecule has 0 aliphatic heterocycles. The van der Waals surface area contributed by atoms with Crippen molar-refractivity contribution in [1.82, 2.24) is 25.2 Å². The number of aliphatic hydroxyl groups excluding tert-OH is 1. The summed E-state index contributed by atoms with van der Waals surface area (Å²) in [6.45, 7) is 6.39. The normalized spacial score (nSPS) is 11.6. The van der Waals surface area contributed by atoms with Crippen molar-refractivity contribution < 1.29 is 27.9 Å². The summed E-state index contributed by atoms with van der Waals surface area (Å²) in [5, 5.41) is 18.0. The Kier molecular flexibility index (Phi) is 9.81. The number of halogens is 3. The Morgan fingerprint density at radius 3 is 2.56 bits per heavy atom. The van der Waals surface area contributed by atoms with Gasteiger partial charge in [-0.1, -0.05) is 19.9 Å². The Morgan fingerprint density at radius 2 is 1.91 bits per heavy atom. The second kappa shape index (κ2) is 13.3. The van der Waals surface area contributed by atoms with Gasteiger partial charge in [0.05, 0.1) is 12.1 Å². The molecule has 4 rings (SSSR count). The smallest absolute Gasteiger partial charge is 0.395 e. The number of carbonyl (C=O) groups is 2. The number of fused-ring (bicyclic) bond motifs is 1. The van der Waals surface area contributed by atoms with Crippen molar-refractivity contribution in [2.45, 2.75) is 39.9 Å². The number of nitrogens with one attached hydrogen (secondary N) is 3. The predicted octanol–water partition coefficient (Wildman–Crippen LogP) is 5.12. The largest absolute Gasteiger partial charge is 0.434 e. The van der Waals surface area contributed by atoms with Crippen molar-refractivity contribution in [2.75, 3.05) is 25.0 Å². The molecule has 0 atom stereocenters. The van der Waals surface area contributed by atoms with E-state index in [0.717, 1.165) is 23.1 Å². The first-order valence-electron chi connectivity index (χ1n) is 13.6. The number of benzene rings is 1. The second-order valence-electron chi connectivity index (χ2n) is 10.1. The highest BCUT2D eigenvalue weighted by Gasteiger charge is 2.34. The lowest BCUT2D eigenvalue weighted by atomic mass is 9.99. The van der Waals surface area contributed by atoms with Gasteiger partial charge in [0.1, 0.15) is 16.4 Å². The summed E-state index contributed by atoms with van der Waals surface area (Å²) in [6, 6.07) is 5.84. The van der Waals surface area contributed by atoms with E-state index in [1.807, 2.05) is 13.8 Å². The molecule has 10 nitrogen and oxygen atoms in total. The first-order valence-corrected chi connectivity index (χ1v) is 14.5. The first-order chi connectivity index (χ1) is 20.4. The lowest BCUT2D eigenvalue weighted by molar-refractivity contribution is -0.140. The molecular weight excluding hydrogens is 585 g/mol. The topological polar surface area (TPSA) is 138 Å². The molecule has 3 amide bonds. The van der Waals surface area contributed by atoms with Crippen molar-refractivity contribution in [3.8, 4) is 21.7 Å². The molecule has 228 valence electrons. The van der Waals surface area contributed by atoms with Crippen molar-refractivity contribution in [1.29, 1.82) is 0 Å². The summed E-state index contributed by atoms with van der Waals surface area (Å²) in [4.78, 5) is 46.3. The quantitative estimate of drug-likeness (QED) is 0.195. The van der Waals surface area contributed by atoms with Gasteiger partial charge in [-0.2, -0.15) is 13.2 Å². The van der Waals surface area contributed by atoms with Gasteiger partial charge in [0, 0.05) is 53.9 Å². The lowest BCUT2D eigenvalue weighted by Gasteiger charge is -2.17. The summed E-state index contributed by atoms with van der Waals surface area (Å²) < 4.78 is 42.0. The van der Waals surface area contributed by atoms with Crippen LogP contribution >= 0.6 is 11.3 Å². The number of aliphatic hydroxyl groups is 1. The maximum Gasteiger partial charge on any atom is 0.434 e. The SMILES string of the molecule is CCNC(=O)Nc1cc(-c2nc(C(F)(F)F)cs2)c(-c2ccc3c(=O)c(C(=O)NCCO)cn(CCC(C)C)c3c2)cn1. The number of amides is 3. The molecule has 3 aromatic heterocycles. The molecule has 0 radical (unpaired) electrons. The van der Waals surface area contributed by atoms with Crippen LogP contribution in [0, 0.1) is 5.92 Å². The van der Waals surface area contributed by atoms with E-state index in [1.165, 1.54) is 18.5 Å². The fourth-order valence-corrected chi connectivity index (χ4v) is 5.20. The molecule has 0 aliphatic rings. The molecule has 4 aromatic rings. The first kappa shape index (κ1) is 31.6. The zero-order valence-corrected chi connectivity index (χ0v) is 24.5. The number of thiazole rings is 1. The van der Waals surface area contributed by atoms with Gasteiger partial charge in [0.25, 0.3) is 5.91 Å². The van der Waals surface area contributed by atoms with Crippen molar-refractivity contribution >= 4 is 40.0 Å². The Labute approximate surface area is 249 Å². The Bertz CT molecular complexity index is 1700. The van der Waals surface area contributed by atoms with Crippen LogP contribution in [0.1, 0.15) is 43.2 Å². The highest BCUT2D eigenvalue weighted by Crippen LogP contribution is 2.39. The van der Waals surface area contributed by atoms with Crippen LogP contribution in [0.2, 0.25) is 0 Å². The maximum absolute atomic E-state index is 13.4. The number of alkyl halides is 3. The minimum Gasteiger partial charge on any atom is -0.395 e. The van der Waals surface area contributed by atoms with Crippen LogP contribution in [0.15, 0.2) is 46.8 Å². The molecular formula is C29H31F3N6O4S. The van der Waals surface area contributed by atoms with E-state index in [-0.39, 0.29) is 34.9 Å². The molecule has 43 heavy (non-hydrogen) atoms. The number of urea groups is 1. The maximum atomic E-state index is 13.4. The summed E-state index contributed by atoms with van der Waals surface area (Å²) in [5.41, 5.74) is 0.194. The molecule has 14 heteroatoms. The summed E-state index contributed by atoms with van der Waals surface area (Å²) in [7, 11) is 0. The lowest BCUT2D eigenvalue weighted by Crippen LogP contribution is -2.31. The fraction of sp³-hybridized carbons (Fsp3) is 0.345. The molecule has 0 saturated heterocycles. The predicted molar refractivity (Wildman–Crippen MR) is 159 cm³/mol. The monoisotopic (exact) mass is 616 g/mol. The third-order valence-corrected chi connectivity index (χ3v) is 7.37. The van der Waals surface area contributed by atoms with Gasteiger partial charge in [-0.15, -0.1) is 11.3 Å². The van der Waals surface area contributed by atoms with Gasteiger partial charge in [-0.05, 0) is 43.0 Å². The molecule has 4 N–H and O–H groups in total. The average Bonchev–Trinajstić information content (AvgIpc) is 3.47. The molecule has 0 aliphatic carbocycles. The minimum absolute atomic E-state index is 0.00517. The molecule has 0 unspecified atom stereocenters. The molecule has 3 heterocycles. The minimum atomic E-state index is -4.64. The van der Waals surface area contributed by atoms with Crippen LogP contribution in [-0.2, 0) is 12.7 Å². The van der Waals surface area contributed by atoms with Gasteiger partial charge in [0.15, 0.2) is 5.69 Å². The van der Waals surface area contributed by atoms with E-state index in [4.69, 9.17) is 5.11 Å². The van der Waals surface area contributed by atoms with Gasteiger partial charge < -0.3 is 20.3 Å². The number of aryl methyl sites for hydroxylation is 1. The molecule has 0 saturated carbocycles. The zero-order valence-electron chi connectivity index (χ0n) is 23.7. The molecule has 1 aromatic carbocycles. The van der Waals surface area contributed by atoms with Gasteiger partial charge in [-0.3, -0.25) is 14.9 Å². The Morgan fingerprint density at radius 1 is 1.14 bits per heavy atom. The van der Waals surface area contributed by atoms with E-state index in [2.05, 4.69) is 25.9 Å². The fourth-order valence-electron chi connectivity index (χ4n) is 4.35. The molecule has 0 fully saturated rings. The van der Waals surface area contributed by atoms with E-state index in [9.17, 15) is 27.6 Å².